The van der Waals surface area contributed by atoms with Gasteiger partial charge >= 0.3 is 5.97 Å². The number of aryl methyl sites for hydroxylation is 1. The maximum atomic E-state index is 11.7. The molecule has 31 heavy (non-hydrogen) atoms. The number of unbranched alkanes of at least 4 members (excludes halogenated alkanes) is 8. The minimum atomic E-state index is -0.685. The Hall–Kier alpha value is -2.23. The summed E-state index contributed by atoms with van der Waals surface area (Å²) in [5, 5.41) is 9.61. The fourth-order valence-electron chi connectivity index (χ4n) is 3.95. The van der Waals surface area contributed by atoms with Gasteiger partial charge in [-0.2, -0.15) is 0 Å². The van der Waals surface area contributed by atoms with Crippen LogP contribution in [0.5, 0.6) is 0 Å². The van der Waals surface area contributed by atoms with Crippen LogP contribution in [0.4, 0.5) is 0 Å². The molecule has 2 rings (SSSR count). The summed E-state index contributed by atoms with van der Waals surface area (Å²) < 4.78 is 0. The smallest absolute Gasteiger partial charge is 0.306 e. The number of rotatable bonds is 16. The lowest BCUT2D eigenvalue weighted by atomic mass is 9.93. The Labute approximate surface area is 188 Å². The van der Waals surface area contributed by atoms with E-state index in [0.717, 1.165) is 42.6 Å². The van der Waals surface area contributed by atoms with Gasteiger partial charge in [-0.15, -0.1) is 0 Å². The molecule has 0 aliphatic rings. The minimum absolute atomic E-state index is 0.305. The van der Waals surface area contributed by atoms with Crippen molar-refractivity contribution in [2.75, 3.05) is 0 Å². The van der Waals surface area contributed by atoms with Crippen molar-refractivity contribution in [1.82, 2.24) is 9.97 Å². The van der Waals surface area contributed by atoms with Gasteiger partial charge in [0, 0.05) is 18.0 Å². The quantitative estimate of drug-likeness (QED) is 0.288. The van der Waals surface area contributed by atoms with Gasteiger partial charge in [0.25, 0.3) is 0 Å². The molecule has 0 aliphatic carbocycles. The van der Waals surface area contributed by atoms with Crippen molar-refractivity contribution in [2.24, 2.45) is 5.92 Å². The molecule has 0 bridgehead atoms. The summed E-state index contributed by atoms with van der Waals surface area (Å²) in [7, 11) is 0. The van der Waals surface area contributed by atoms with Crippen molar-refractivity contribution in [3.63, 3.8) is 0 Å². The highest BCUT2D eigenvalue weighted by Crippen LogP contribution is 2.21. The van der Waals surface area contributed by atoms with Gasteiger partial charge in [-0.3, -0.25) is 4.79 Å². The van der Waals surface area contributed by atoms with E-state index in [0.29, 0.717) is 6.42 Å². The Kier molecular flexibility index (Phi) is 11.9. The topological polar surface area (TPSA) is 63.1 Å². The van der Waals surface area contributed by atoms with Crippen molar-refractivity contribution >= 4 is 5.97 Å². The highest BCUT2D eigenvalue weighted by Gasteiger charge is 2.17. The van der Waals surface area contributed by atoms with Crippen LogP contribution in [0.2, 0.25) is 0 Å². The van der Waals surface area contributed by atoms with Crippen molar-refractivity contribution in [1.29, 1.82) is 0 Å². The third-order valence-corrected chi connectivity index (χ3v) is 5.97. The Morgan fingerprint density at radius 1 is 0.806 bits per heavy atom. The lowest BCUT2D eigenvalue weighted by molar-refractivity contribution is -0.142. The summed E-state index contributed by atoms with van der Waals surface area (Å²) in [5.74, 6) is -0.263. The largest absolute Gasteiger partial charge is 0.481 e. The molecule has 0 amide bonds. The van der Waals surface area contributed by atoms with Gasteiger partial charge in [0.1, 0.15) is 0 Å². The maximum absolute atomic E-state index is 11.7. The van der Waals surface area contributed by atoms with E-state index in [9.17, 15) is 9.90 Å². The SMILES string of the molecule is CCCCCCCC[C@H](Cc1ccc(-c2ncc(CCCCCC)cn2)cc1)C(=O)O. The molecule has 0 unspecified atom stereocenters. The second-order valence-electron chi connectivity index (χ2n) is 8.72. The lowest BCUT2D eigenvalue weighted by Crippen LogP contribution is -2.16. The molecule has 0 fully saturated rings. The van der Waals surface area contributed by atoms with Crippen LogP contribution in [-0.4, -0.2) is 21.0 Å². The Balaban J connectivity index is 1.84. The van der Waals surface area contributed by atoms with Crippen LogP contribution in [-0.2, 0) is 17.6 Å². The lowest BCUT2D eigenvalue weighted by Gasteiger charge is -2.13. The van der Waals surface area contributed by atoms with Crippen LogP contribution in [0, 0.1) is 5.92 Å². The highest BCUT2D eigenvalue weighted by atomic mass is 16.4. The molecular formula is C27H40N2O2. The monoisotopic (exact) mass is 424 g/mol. The first-order valence-electron chi connectivity index (χ1n) is 12.3. The van der Waals surface area contributed by atoms with Crippen molar-refractivity contribution in [3.8, 4) is 11.4 Å². The van der Waals surface area contributed by atoms with Crippen LogP contribution < -0.4 is 0 Å². The molecule has 0 radical (unpaired) electrons. The molecule has 0 saturated carbocycles. The summed E-state index contributed by atoms with van der Waals surface area (Å²) in [4.78, 5) is 20.7. The summed E-state index contributed by atoms with van der Waals surface area (Å²) in [6.45, 7) is 4.43. The number of aliphatic carboxylic acids is 1. The molecule has 0 spiro atoms. The molecule has 1 heterocycles. The van der Waals surface area contributed by atoms with Gasteiger partial charge in [-0.05, 0) is 36.8 Å². The predicted molar refractivity (Wildman–Crippen MR) is 128 cm³/mol. The molecule has 0 saturated heterocycles. The Morgan fingerprint density at radius 2 is 1.39 bits per heavy atom. The summed E-state index contributed by atoms with van der Waals surface area (Å²) in [6.07, 6.45) is 18.3. The number of hydrogen-bond donors (Lipinski definition) is 1. The normalized spacial score (nSPS) is 12.1. The first-order chi connectivity index (χ1) is 15.1. The second kappa shape index (κ2) is 14.7. The zero-order chi connectivity index (χ0) is 22.3. The fourth-order valence-corrected chi connectivity index (χ4v) is 3.95. The number of carboxylic acids is 1. The Morgan fingerprint density at radius 3 is 2.00 bits per heavy atom. The molecule has 4 heteroatoms. The molecule has 1 N–H and O–H groups in total. The summed E-state index contributed by atoms with van der Waals surface area (Å²) in [5.41, 5.74) is 3.23. The van der Waals surface area contributed by atoms with Gasteiger partial charge in [0.05, 0.1) is 5.92 Å². The zero-order valence-corrected chi connectivity index (χ0v) is 19.5. The van der Waals surface area contributed by atoms with E-state index >= 15 is 0 Å². The van der Waals surface area contributed by atoms with Gasteiger partial charge in [0.2, 0.25) is 0 Å². The number of carboxylic acid groups (broad SMARTS) is 1. The molecule has 2 aromatic rings. The third kappa shape index (κ3) is 9.63. The van der Waals surface area contributed by atoms with E-state index in [-0.39, 0.29) is 5.92 Å². The first kappa shape index (κ1) is 25.0. The second-order valence-corrected chi connectivity index (χ2v) is 8.72. The number of carbonyl (C=O) groups is 1. The zero-order valence-electron chi connectivity index (χ0n) is 19.5. The number of benzene rings is 1. The molecule has 1 atom stereocenters. The maximum Gasteiger partial charge on any atom is 0.306 e. The number of nitrogens with zero attached hydrogens (tertiary/aromatic N) is 2. The molecule has 170 valence electrons. The van der Waals surface area contributed by atoms with Crippen LogP contribution in [0.25, 0.3) is 11.4 Å². The van der Waals surface area contributed by atoms with Crippen molar-refractivity contribution in [3.05, 3.63) is 47.8 Å². The van der Waals surface area contributed by atoms with Crippen LogP contribution >= 0.6 is 0 Å². The number of hydrogen-bond acceptors (Lipinski definition) is 3. The van der Waals surface area contributed by atoms with E-state index in [1.807, 2.05) is 36.7 Å². The minimum Gasteiger partial charge on any atom is -0.481 e. The van der Waals surface area contributed by atoms with E-state index in [1.165, 1.54) is 56.9 Å². The molecular weight excluding hydrogens is 384 g/mol. The molecule has 1 aromatic carbocycles. The highest BCUT2D eigenvalue weighted by molar-refractivity contribution is 5.70. The van der Waals surface area contributed by atoms with Gasteiger partial charge < -0.3 is 5.11 Å². The van der Waals surface area contributed by atoms with Crippen LogP contribution in [0.1, 0.15) is 95.6 Å². The van der Waals surface area contributed by atoms with Crippen molar-refractivity contribution < 1.29 is 9.90 Å². The molecule has 4 nitrogen and oxygen atoms in total. The third-order valence-electron chi connectivity index (χ3n) is 5.97. The van der Waals surface area contributed by atoms with E-state index in [1.54, 1.807) is 0 Å². The van der Waals surface area contributed by atoms with Gasteiger partial charge in [0.15, 0.2) is 5.82 Å². The van der Waals surface area contributed by atoms with E-state index in [2.05, 4.69) is 23.8 Å². The van der Waals surface area contributed by atoms with E-state index < -0.39 is 5.97 Å². The first-order valence-corrected chi connectivity index (χ1v) is 12.3. The summed E-state index contributed by atoms with van der Waals surface area (Å²) >= 11 is 0. The van der Waals surface area contributed by atoms with Crippen LogP contribution in [0.15, 0.2) is 36.7 Å². The van der Waals surface area contributed by atoms with Gasteiger partial charge in [-0.25, -0.2) is 9.97 Å². The average Bonchev–Trinajstić information content (AvgIpc) is 2.79. The number of aromatic nitrogens is 2. The molecule has 0 aliphatic heterocycles. The van der Waals surface area contributed by atoms with Crippen molar-refractivity contribution in [2.45, 2.75) is 97.3 Å². The average molecular weight is 425 g/mol. The van der Waals surface area contributed by atoms with Crippen LogP contribution in [0.3, 0.4) is 0 Å². The fraction of sp³-hybridized carbons (Fsp3) is 0.593. The van der Waals surface area contributed by atoms with Gasteiger partial charge in [-0.1, -0.05) is 95.9 Å². The Bertz CT molecular complexity index is 741. The standard InChI is InChI=1S/C27H40N2O2/c1-3-5-7-9-10-12-14-25(27(30)31)19-22-15-17-24(18-16-22)26-28-20-23(21-29-26)13-11-8-6-4-2/h15-18,20-21,25H,3-14,19H2,1-2H3,(H,30,31)/t25-/m1/s1. The summed E-state index contributed by atoms with van der Waals surface area (Å²) in [6, 6.07) is 8.06. The predicted octanol–water partition coefficient (Wildman–Crippen LogP) is 7.26. The molecule has 1 aromatic heterocycles. The van der Waals surface area contributed by atoms with E-state index in [4.69, 9.17) is 0 Å².